The Morgan fingerprint density at radius 3 is 3.05 bits per heavy atom. The fraction of sp³-hybridized carbons (Fsp3) is 0.818. The third kappa shape index (κ3) is 1.11. The number of carbonyl (C=O) groups is 1. The summed E-state index contributed by atoms with van der Waals surface area (Å²) in [5.41, 5.74) is 3.34. The summed E-state index contributed by atoms with van der Waals surface area (Å²) in [6.07, 6.45) is -3.36. The summed E-state index contributed by atoms with van der Waals surface area (Å²) in [6, 6.07) is 0. The molecule has 4 aliphatic rings. The number of nitrogens with one attached hydrogen (secondary N) is 1. The average molecular weight is 269 g/mol. The van der Waals surface area contributed by atoms with Crippen molar-refractivity contribution in [2.45, 2.75) is 49.0 Å². The minimum Gasteiger partial charge on any atom is -0.454 e. The number of fused-ring (bicyclic) bond motifs is 1. The highest BCUT2D eigenvalue weighted by molar-refractivity contribution is 5.86. The smallest absolute Gasteiger partial charge is 0.338 e. The van der Waals surface area contributed by atoms with Gasteiger partial charge < -0.3 is 30.7 Å². The number of aliphatic hydroxyl groups is 2. The second-order valence-electron chi connectivity index (χ2n) is 5.95. The van der Waals surface area contributed by atoms with Gasteiger partial charge >= 0.3 is 5.97 Å². The molecule has 1 saturated carbocycles. The van der Waals surface area contributed by atoms with E-state index in [-0.39, 0.29) is 11.9 Å². The van der Waals surface area contributed by atoms with Crippen LogP contribution in [0.5, 0.6) is 0 Å². The molecule has 1 aliphatic carbocycles. The van der Waals surface area contributed by atoms with Gasteiger partial charge in [0.1, 0.15) is 17.2 Å². The lowest BCUT2D eigenvalue weighted by Crippen LogP contribution is -2.80. The number of aliphatic imine (C=N–C) groups is 1. The predicted octanol–water partition coefficient (Wildman–Crippen LogP) is -2.57. The molecule has 3 bridgehead atoms. The summed E-state index contributed by atoms with van der Waals surface area (Å²) in [5, 5.41) is 23.9. The lowest BCUT2D eigenvalue weighted by atomic mass is 9.61. The second-order valence-corrected chi connectivity index (χ2v) is 5.95. The maximum Gasteiger partial charge on any atom is 0.338 e. The Kier molecular flexibility index (Phi) is 1.82. The lowest BCUT2D eigenvalue weighted by molar-refractivity contribution is -0.238. The van der Waals surface area contributed by atoms with Crippen molar-refractivity contribution in [2.75, 3.05) is 0 Å². The Hall–Kier alpha value is -1.38. The van der Waals surface area contributed by atoms with E-state index in [9.17, 15) is 15.0 Å². The van der Waals surface area contributed by atoms with Crippen LogP contribution in [0.1, 0.15) is 13.3 Å². The first-order chi connectivity index (χ1) is 8.86. The zero-order valence-corrected chi connectivity index (χ0v) is 10.2. The zero-order chi connectivity index (χ0) is 13.6. The number of carbonyl (C=O) groups excluding carboxylic acids is 1. The summed E-state index contributed by atoms with van der Waals surface area (Å²) < 4.78 is 10.7. The van der Waals surface area contributed by atoms with Gasteiger partial charge in [-0.1, -0.05) is 0 Å². The highest BCUT2D eigenvalue weighted by Gasteiger charge is 2.75. The van der Waals surface area contributed by atoms with Crippen LogP contribution in [0.4, 0.5) is 0 Å². The second kappa shape index (κ2) is 3.02. The molecule has 8 nitrogen and oxygen atoms in total. The van der Waals surface area contributed by atoms with Crippen LogP contribution in [0.25, 0.3) is 0 Å². The Balaban J connectivity index is 1.92. The first-order valence-corrected chi connectivity index (χ1v) is 6.24. The monoisotopic (exact) mass is 269 g/mol. The molecule has 7 atom stereocenters. The fourth-order valence-electron chi connectivity index (χ4n) is 3.95. The van der Waals surface area contributed by atoms with E-state index in [1.165, 1.54) is 0 Å². The van der Waals surface area contributed by atoms with Crippen molar-refractivity contribution in [1.29, 1.82) is 0 Å². The van der Waals surface area contributed by atoms with Crippen LogP contribution in [0.15, 0.2) is 4.99 Å². The summed E-state index contributed by atoms with van der Waals surface area (Å²) in [7, 11) is 0. The van der Waals surface area contributed by atoms with E-state index in [1.54, 1.807) is 6.92 Å². The quantitative estimate of drug-likeness (QED) is 0.356. The topological polar surface area (TPSA) is 126 Å². The van der Waals surface area contributed by atoms with Crippen molar-refractivity contribution in [2.24, 2.45) is 16.6 Å². The zero-order valence-electron chi connectivity index (χ0n) is 10.2. The number of nitrogens with two attached hydrogens (primary N) is 1. The van der Waals surface area contributed by atoms with Gasteiger partial charge in [-0.3, -0.25) is 0 Å². The lowest BCUT2D eigenvalue weighted by Gasteiger charge is -2.56. The van der Waals surface area contributed by atoms with Gasteiger partial charge in [-0.25, -0.2) is 9.79 Å². The Morgan fingerprint density at radius 1 is 1.58 bits per heavy atom. The van der Waals surface area contributed by atoms with Gasteiger partial charge in [0, 0.05) is 5.92 Å². The number of hydrogen-bond donors (Lipinski definition) is 4. The highest BCUT2D eigenvalue weighted by Crippen LogP contribution is 2.54. The molecule has 3 heterocycles. The van der Waals surface area contributed by atoms with Crippen molar-refractivity contribution in [1.82, 2.24) is 5.32 Å². The van der Waals surface area contributed by atoms with Crippen LogP contribution in [-0.2, 0) is 14.3 Å². The van der Waals surface area contributed by atoms with E-state index >= 15 is 0 Å². The van der Waals surface area contributed by atoms with Gasteiger partial charge in [-0.15, -0.1) is 0 Å². The highest BCUT2D eigenvalue weighted by atomic mass is 16.6. The van der Waals surface area contributed by atoms with Crippen molar-refractivity contribution >= 4 is 11.9 Å². The number of nitrogens with zero attached hydrogens (tertiary/aromatic N) is 1. The number of guanidine groups is 1. The molecule has 0 amide bonds. The summed E-state index contributed by atoms with van der Waals surface area (Å²) in [6.45, 7) is 1.54. The largest absolute Gasteiger partial charge is 0.454 e. The standard InChI is InChI=1S/C11H15N3O5/c1-10(17)2-3-7-13-9(12)14-11(3)4(15)5(10)19-8(16)6(11)18-7/h3-7,15,17H,2H2,1H3,(H3,12,13,14)/t3-,4-,5+,6-,7+,10+,11-/m1/s1. The number of aliphatic hydroxyl groups excluding tert-OH is 1. The molecular weight excluding hydrogens is 254 g/mol. The number of ether oxygens (including phenoxy) is 2. The van der Waals surface area contributed by atoms with Gasteiger partial charge in [-0.2, -0.15) is 0 Å². The van der Waals surface area contributed by atoms with E-state index in [4.69, 9.17) is 15.2 Å². The maximum absolute atomic E-state index is 12.0. The molecule has 0 aromatic carbocycles. The van der Waals surface area contributed by atoms with Crippen molar-refractivity contribution in [3.63, 3.8) is 0 Å². The van der Waals surface area contributed by atoms with Gasteiger partial charge in [0.25, 0.3) is 0 Å². The number of esters is 1. The predicted molar refractivity (Wildman–Crippen MR) is 60.8 cm³/mol. The SMILES string of the molecule is C[C@]1(O)C[C@@H]2[C@H]3N=C(N)N[C@]24[C@H](O3)C(=O)O[C@H]1[C@H]4O. The van der Waals surface area contributed by atoms with E-state index in [0.717, 1.165) is 0 Å². The molecule has 19 heavy (non-hydrogen) atoms. The van der Waals surface area contributed by atoms with Crippen LogP contribution in [0.3, 0.4) is 0 Å². The van der Waals surface area contributed by atoms with Gasteiger partial charge in [0.15, 0.2) is 24.4 Å². The normalized spacial score (nSPS) is 58.2. The fourth-order valence-corrected chi connectivity index (χ4v) is 3.95. The molecule has 0 aromatic heterocycles. The third-order valence-corrected chi connectivity index (χ3v) is 4.76. The molecule has 0 unspecified atom stereocenters. The van der Waals surface area contributed by atoms with Crippen LogP contribution >= 0.6 is 0 Å². The minimum absolute atomic E-state index is 0.137. The minimum atomic E-state index is -1.32. The summed E-state index contributed by atoms with van der Waals surface area (Å²) in [4.78, 5) is 16.1. The van der Waals surface area contributed by atoms with E-state index in [0.29, 0.717) is 6.42 Å². The molecule has 4 rings (SSSR count). The van der Waals surface area contributed by atoms with E-state index < -0.39 is 41.6 Å². The number of rotatable bonds is 0. The summed E-state index contributed by atoms with van der Waals surface area (Å²) in [5.74, 6) is -0.781. The van der Waals surface area contributed by atoms with Gasteiger partial charge in [0.05, 0.1) is 0 Å². The van der Waals surface area contributed by atoms with Crippen molar-refractivity contribution in [3.8, 4) is 0 Å². The summed E-state index contributed by atoms with van der Waals surface area (Å²) >= 11 is 0. The molecule has 5 N–H and O–H groups in total. The molecule has 3 aliphatic heterocycles. The van der Waals surface area contributed by atoms with Crippen LogP contribution in [0.2, 0.25) is 0 Å². The first kappa shape index (κ1) is 11.4. The van der Waals surface area contributed by atoms with Gasteiger partial charge in [0.2, 0.25) is 0 Å². The Labute approximate surface area is 108 Å². The van der Waals surface area contributed by atoms with Crippen LogP contribution < -0.4 is 11.1 Å². The number of hydrogen-bond acceptors (Lipinski definition) is 8. The molecule has 3 fully saturated rings. The first-order valence-electron chi connectivity index (χ1n) is 6.24. The van der Waals surface area contributed by atoms with Crippen LogP contribution in [0, 0.1) is 5.92 Å². The third-order valence-electron chi connectivity index (χ3n) is 4.76. The van der Waals surface area contributed by atoms with E-state index in [1.807, 2.05) is 0 Å². The van der Waals surface area contributed by atoms with Crippen LogP contribution in [-0.4, -0.2) is 57.8 Å². The molecule has 104 valence electrons. The average Bonchev–Trinajstić information content (AvgIpc) is 2.53. The molecule has 1 spiro atoms. The molecule has 0 aromatic rings. The molecule has 0 radical (unpaired) electrons. The Morgan fingerprint density at radius 2 is 2.32 bits per heavy atom. The van der Waals surface area contributed by atoms with Gasteiger partial charge in [-0.05, 0) is 13.3 Å². The molecule has 8 heteroatoms. The van der Waals surface area contributed by atoms with Crippen molar-refractivity contribution < 1.29 is 24.5 Å². The molecule has 2 saturated heterocycles. The van der Waals surface area contributed by atoms with Crippen molar-refractivity contribution in [3.05, 3.63) is 0 Å². The Bertz CT molecular complexity index is 507. The maximum atomic E-state index is 12.0. The molecular formula is C11H15N3O5. The van der Waals surface area contributed by atoms with E-state index in [2.05, 4.69) is 10.3 Å².